The van der Waals surface area contributed by atoms with Crippen LogP contribution in [0.5, 0.6) is 0 Å². The van der Waals surface area contributed by atoms with Crippen molar-refractivity contribution < 1.29 is 24.3 Å². The maximum Gasteiger partial charge on any atom is 0.325 e. The number of carboxylic acids is 1. The summed E-state index contributed by atoms with van der Waals surface area (Å²) in [6, 6.07) is -2.97. The maximum atomic E-state index is 11.9. The first-order valence-corrected chi connectivity index (χ1v) is 7.63. The average molecular weight is 330 g/mol. The van der Waals surface area contributed by atoms with Crippen LogP contribution in [0.2, 0.25) is 0 Å². The molecule has 0 rings (SSSR count). The monoisotopic (exact) mass is 330 g/mol. The van der Waals surface area contributed by atoms with Crippen LogP contribution in [0.3, 0.4) is 0 Å². The van der Waals surface area contributed by atoms with Gasteiger partial charge in [0.25, 0.3) is 0 Å². The minimum atomic E-state index is -1.23. The lowest BCUT2D eigenvalue weighted by Crippen LogP contribution is -2.54. The van der Waals surface area contributed by atoms with E-state index < -0.39 is 42.3 Å². The second kappa shape index (κ2) is 11.3. The van der Waals surface area contributed by atoms with Gasteiger partial charge in [-0.15, -0.1) is 0 Å². The molecule has 0 bridgehead atoms. The van der Waals surface area contributed by atoms with Gasteiger partial charge in [-0.3, -0.25) is 14.4 Å². The highest BCUT2D eigenvalue weighted by Gasteiger charge is 2.25. The van der Waals surface area contributed by atoms with Crippen LogP contribution in [-0.4, -0.2) is 47.5 Å². The molecule has 132 valence electrons. The zero-order valence-corrected chi connectivity index (χ0v) is 13.6. The molecule has 0 aromatic carbocycles. The Morgan fingerprint density at radius 3 is 2.26 bits per heavy atom. The third-order valence-electron chi connectivity index (χ3n) is 3.07. The van der Waals surface area contributed by atoms with Gasteiger partial charge in [0, 0.05) is 6.54 Å². The van der Waals surface area contributed by atoms with Crippen LogP contribution in [0.25, 0.3) is 0 Å². The summed E-state index contributed by atoms with van der Waals surface area (Å²) in [7, 11) is 0. The van der Waals surface area contributed by atoms with Crippen LogP contribution in [0.4, 0.5) is 4.79 Å². The van der Waals surface area contributed by atoms with Crippen LogP contribution >= 0.6 is 0 Å². The lowest BCUT2D eigenvalue weighted by atomic mass is 10.1. The van der Waals surface area contributed by atoms with Crippen LogP contribution in [-0.2, 0) is 14.4 Å². The molecule has 2 atom stereocenters. The highest BCUT2D eigenvalue weighted by atomic mass is 16.4. The van der Waals surface area contributed by atoms with Gasteiger partial charge in [-0.25, -0.2) is 4.79 Å². The molecule has 9 heteroatoms. The summed E-state index contributed by atoms with van der Waals surface area (Å²) in [4.78, 5) is 45.4. The number of rotatable bonds is 11. The number of primary amides is 1. The van der Waals surface area contributed by atoms with Crippen molar-refractivity contribution >= 4 is 23.8 Å². The summed E-state index contributed by atoms with van der Waals surface area (Å²) < 4.78 is 0. The van der Waals surface area contributed by atoms with E-state index in [-0.39, 0.29) is 0 Å². The lowest BCUT2D eigenvalue weighted by molar-refractivity contribution is -0.141. The zero-order valence-electron chi connectivity index (χ0n) is 13.6. The Hall–Kier alpha value is -2.32. The molecule has 0 saturated heterocycles. The smallest absolute Gasteiger partial charge is 0.325 e. The summed E-state index contributed by atoms with van der Waals surface area (Å²) in [5.74, 6) is -2.78. The van der Waals surface area contributed by atoms with E-state index in [4.69, 9.17) is 10.8 Å². The van der Waals surface area contributed by atoms with Crippen molar-refractivity contribution in [3.63, 3.8) is 0 Å². The van der Waals surface area contributed by atoms with Gasteiger partial charge in [0.05, 0.1) is 6.42 Å². The van der Waals surface area contributed by atoms with Gasteiger partial charge >= 0.3 is 12.0 Å². The molecule has 0 spiro atoms. The lowest BCUT2D eigenvalue weighted by Gasteiger charge is -2.19. The molecule has 4 amide bonds. The van der Waals surface area contributed by atoms with Crippen molar-refractivity contribution in [1.82, 2.24) is 16.0 Å². The van der Waals surface area contributed by atoms with E-state index in [1.54, 1.807) is 0 Å². The molecule has 0 fully saturated rings. The molecule has 6 N–H and O–H groups in total. The fourth-order valence-corrected chi connectivity index (χ4v) is 1.75. The first-order valence-electron chi connectivity index (χ1n) is 7.63. The molecular formula is C14H26N4O5. The van der Waals surface area contributed by atoms with Crippen LogP contribution < -0.4 is 21.7 Å². The Bertz CT molecular complexity index is 427. The molecule has 0 aliphatic heterocycles. The summed E-state index contributed by atoms with van der Waals surface area (Å²) in [5, 5.41) is 15.8. The number of urea groups is 1. The normalized spacial score (nSPS) is 12.8. The predicted molar refractivity (Wildman–Crippen MR) is 83.5 cm³/mol. The number of carbonyl (C=O) groups excluding carboxylic acids is 3. The van der Waals surface area contributed by atoms with Crippen molar-refractivity contribution in [2.24, 2.45) is 5.73 Å². The standard InChI is InChI=1S/C14H26N4O5/c1-3-4-5-6-7-16-14(23)18-10(8-11(15)19)12(20)17-9(2)13(21)22/h9-10H,3-8H2,1-2H3,(H2,15,19)(H,17,20)(H,21,22)(H2,16,18,23)/t9-,10+/m0/s1. The number of nitrogens with two attached hydrogens (primary N) is 1. The van der Waals surface area contributed by atoms with Gasteiger partial charge in [-0.2, -0.15) is 0 Å². The minimum absolute atomic E-state index is 0.415. The molecule has 0 aromatic rings. The van der Waals surface area contributed by atoms with E-state index in [9.17, 15) is 19.2 Å². The number of amides is 4. The number of hydrogen-bond acceptors (Lipinski definition) is 4. The Morgan fingerprint density at radius 2 is 1.74 bits per heavy atom. The Balaban J connectivity index is 4.42. The molecule has 9 nitrogen and oxygen atoms in total. The highest BCUT2D eigenvalue weighted by Crippen LogP contribution is 1.97. The van der Waals surface area contributed by atoms with Crippen molar-refractivity contribution in [2.45, 2.75) is 58.0 Å². The maximum absolute atomic E-state index is 11.9. The van der Waals surface area contributed by atoms with Gasteiger partial charge in [0.2, 0.25) is 11.8 Å². The SMILES string of the molecule is CCCCCCNC(=O)N[C@H](CC(N)=O)C(=O)N[C@@H](C)C(=O)O. The molecule has 0 saturated carbocycles. The van der Waals surface area contributed by atoms with E-state index in [1.165, 1.54) is 6.92 Å². The molecule has 0 heterocycles. The number of nitrogens with one attached hydrogen (secondary N) is 3. The molecule has 0 aromatic heterocycles. The molecule has 0 unspecified atom stereocenters. The molecule has 0 radical (unpaired) electrons. The average Bonchev–Trinajstić information content (AvgIpc) is 2.45. The van der Waals surface area contributed by atoms with E-state index in [0.29, 0.717) is 6.54 Å². The third kappa shape index (κ3) is 10.1. The van der Waals surface area contributed by atoms with Gasteiger partial charge in [0.1, 0.15) is 12.1 Å². The van der Waals surface area contributed by atoms with E-state index >= 15 is 0 Å². The van der Waals surface area contributed by atoms with E-state index in [2.05, 4.69) is 22.9 Å². The number of hydrogen-bond donors (Lipinski definition) is 5. The zero-order chi connectivity index (χ0) is 17.8. The Morgan fingerprint density at radius 1 is 1.09 bits per heavy atom. The number of carboxylic acid groups (broad SMARTS) is 1. The van der Waals surface area contributed by atoms with Crippen molar-refractivity contribution in [3.8, 4) is 0 Å². The van der Waals surface area contributed by atoms with Gasteiger partial charge in [0.15, 0.2) is 0 Å². The summed E-state index contributed by atoms with van der Waals surface area (Å²) >= 11 is 0. The van der Waals surface area contributed by atoms with E-state index in [1.807, 2.05) is 0 Å². The number of carbonyl (C=O) groups is 4. The highest BCUT2D eigenvalue weighted by molar-refractivity contribution is 5.93. The van der Waals surface area contributed by atoms with Crippen LogP contribution in [0, 0.1) is 0 Å². The van der Waals surface area contributed by atoms with E-state index in [0.717, 1.165) is 25.7 Å². The minimum Gasteiger partial charge on any atom is -0.480 e. The summed E-state index contributed by atoms with van der Waals surface area (Å²) in [6.45, 7) is 3.79. The Kier molecular flexibility index (Phi) is 10.1. The Labute approximate surface area is 135 Å². The fraction of sp³-hybridized carbons (Fsp3) is 0.714. The summed E-state index contributed by atoms with van der Waals surface area (Å²) in [5.41, 5.74) is 5.05. The van der Waals surface area contributed by atoms with Crippen molar-refractivity contribution in [2.75, 3.05) is 6.54 Å². The van der Waals surface area contributed by atoms with Crippen LogP contribution in [0.15, 0.2) is 0 Å². The van der Waals surface area contributed by atoms with Crippen molar-refractivity contribution in [1.29, 1.82) is 0 Å². The first kappa shape index (κ1) is 20.7. The number of aliphatic carboxylic acids is 1. The quantitative estimate of drug-likeness (QED) is 0.329. The molecular weight excluding hydrogens is 304 g/mol. The first-order chi connectivity index (χ1) is 10.8. The summed E-state index contributed by atoms with van der Waals surface area (Å²) in [6.07, 6.45) is 3.53. The molecule has 23 heavy (non-hydrogen) atoms. The van der Waals surface area contributed by atoms with Gasteiger partial charge in [-0.05, 0) is 13.3 Å². The second-order valence-corrected chi connectivity index (χ2v) is 5.25. The van der Waals surface area contributed by atoms with Gasteiger partial charge < -0.3 is 26.8 Å². The second-order valence-electron chi connectivity index (χ2n) is 5.25. The van der Waals surface area contributed by atoms with Gasteiger partial charge in [-0.1, -0.05) is 26.2 Å². The molecule has 0 aliphatic carbocycles. The number of unbranched alkanes of at least 4 members (excludes halogenated alkanes) is 3. The third-order valence-corrected chi connectivity index (χ3v) is 3.07. The topological polar surface area (TPSA) is 151 Å². The molecule has 0 aliphatic rings. The van der Waals surface area contributed by atoms with Crippen molar-refractivity contribution in [3.05, 3.63) is 0 Å². The largest absolute Gasteiger partial charge is 0.480 e. The fourth-order valence-electron chi connectivity index (χ4n) is 1.75. The van der Waals surface area contributed by atoms with Crippen LogP contribution in [0.1, 0.15) is 46.0 Å². The predicted octanol–water partition coefficient (Wildman–Crippen LogP) is -0.301.